The number of aromatic nitrogens is 2. The summed E-state index contributed by atoms with van der Waals surface area (Å²) in [5.41, 5.74) is 0.856. The summed E-state index contributed by atoms with van der Waals surface area (Å²) in [6, 6.07) is 13.3. The van der Waals surface area contributed by atoms with Crippen molar-refractivity contribution in [2.75, 3.05) is 10.6 Å². The minimum absolute atomic E-state index is 0.000540. The van der Waals surface area contributed by atoms with Gasteiger partial charge in [0.05, 0.1) is 17.8 Å². The Balaban J connectivity index is 1.86. The van der Waals surface area contributed by atoms with Crippen molar-refractivity contribution in [3.05, 3.63) is 111 Å². The number of hydrogen-bond acceptors (Lipinski definition) is 5. The van der Waals surface area contributed by atoms with Crippen LogP contribution >= 0.6 is 23.2 Å². The number of nitrogens with one attached hydrogen (secondary N) is 2. The van der Waals surface area contributed by atoms with Crippen molar-refractivity contribution in [3.63, 3.8) is 0 Å². The fraction of sp³-hybridized carbons (Fsp3) is 0.138. The first-order valence-corrected chi connectivity index (χ1v) is 12.8. The van der Waals surface area contributed by atoms with Gasteiger partial charge < -0.3 is 15.2 Å². The second-order valence-corrected chi connectivity index (χ2v) is 9.96. The lowest BCUT2D eigenvalue weighted by atomic mass is 9.96. The summed E-state index contributed by atoms with van der Waals surface area (Å²) in [5.74, 6) is -3.65. The van der Waals surface area contributed by atoms with Crippen LogP contribution in [0.2, 0.25) is 10.0 Å². The van der Waals surface area contributed by atoms with Crippen LogP contribution in [0.1, 0.15) is 57.4 Å². The minimum atomic E-state index is -0.745. The molecule has 41 heavy (non-hydrogen) atoms. The molecule has 0 unspecified atom stereocenters. The molecule has 0 aliphatic heterocycles. The maximum absolute atomic E-state index is 14.2. The predicted molar refractivity (Wildman–Crippen MR) is 150 cm³/mol. The summed E-state index contributed by atoms with van der Waals surface area (Å²) in [6.07, 6.45) is 1.28. The summed E-state index contributed by atoms with van der Waals surface area (Å²) in [5, 5.41) is 14.5. The van der Waals surface area contributed by atoms with Crippen LogP contribution < -0.4 is 10.6 Å². The van der Waals surface area contributed by atoms with Crippen molar-refractivity contribution < 1.29 is 23.2 Å². The van der Waals surface area contributed by atoms with E-state index >= 15 is 0 Å². The molecule has 4 aromatic rings. The first-order chi connectivity index (χ1) is 19.5. The normalized spacial score (nSPS) is 11.4. The second-order valence-electron chi connectivity index (χ2n) is 9.11. The Hall–Kier alpha value is -4.59. The molecule has 2 aromatic carbocycles. The zero-order valence-corrected chi connectivity index (χ0v) is 23.1. The molecule has 0 spiro atoms. The Labute approximate surface area is 243 Å². The van der Waals surface area contributed by atoms with E-state index in [-0.39, 0.29) is 56.4 Å². The summed E-state index contributed by atoms with van der Waals surface area (Å²) in [6.45, 7) is 2.71. The average Bonchev–Trinajstić information content (AvgIpc) is 3.26. The number of nitriles is 1. The van der Waals surface area contributed by atoms with E-state index in [1.807, 2.05) is 6.07 Å². The molecular formula is C29H21Cl2F2N5O3. The van der Waals surface area contributed by atoms with E-state index in [2.05, 4.69) is 15.6 Å². The molecule has 12 heteroatoms. The molecule has 2 N–H and O–H groups in total. The number of Topliss-reactive ketones (excluding diaryl/α,β-unsaturated/α-hetero) is 1. The van der Waals surface area contributed by atoms with Crippen molar-refractivity contribution in [1.82, 2.24) is 9.55 Å². The van der Waals surface area contributed by atoms with Crippen LogP contribution in [0, 0.1) is 23.0 Å². The van der Waals surface area contributed by atoms with Crippen LogP contribution in [-0.4, -0.2) is 27.1 Å². The van der Waals surface area contributed by atoms with Crippen LogP contribution in [0.3, 0.4) is 0 Å². The Bertz CT molecular complexity index is 1690. The summed E-state index contributed by atoms with van der Waals surface area (Å²) < 4.78 is 29.6. The summed E-state index contributed by atoms with van der Waals surface area (Å²) in [7, 11) is 0. The number of carbonyl (C=O) groups excluding carboxylic acids is 3. The quantitative estimate of drug-likeness (QED) is 0.238. The van der Waals surface area contributed by atoms with Crippen LogP contribution in [0.25, 0.3) is 0 Å². The lowest BCUT2D eigenvalue weighted by Gasteiger charge is -2.20. The van der Waals surface area contributed by atoms with Gasteiger partial charge in [-0.2, -0.15) is 5.26 Å². The average molecular weight is 596 g/mol. The number of rotatable bonds is 8. The van der Waals surface area contributed by atoms with Gasteiger partial charge in [-0.15, -0.1) is 0 Å². The van der Waals surface area contributed by atoms with Gasteiger partial charge in [-0.25, -0.2) is 13.8 Å². The summed E-state index contributed by atoms with van der Waals surface area (Å²) >= 11 is 12.3. The molecule has 2 aromatic heterocycles. The van der Waals surface area contributed by atoms with E-state index in [0.717, 1.165) is 12.1 Å². The molecule has 4 rings (SSSR count). The first kappa shape index (κ1) is 29.4. The van der Waals surface area contributed by atoms with Crippen LogP contribution in [-0.2, 0) is 11.3 Å². The molecule has 0 aliphatic carbocycles. The highest BCUT2D eigenvalue weighted by atomic mass is 35.5. The summed E-state index contributed by atoms with van der Waals surface area (Å²) in [4.78, 5) is 43.0. The topological polar surface area (TPSA) is 117 Å². The number of halogens is 4. The number of nitrogens with zero attached hydrogens (tertiary/aromatic N) is 3. The van der Waals surface area contributed by atoms with E-state index in [1.54, 1.807) is 6.92 Å². The molecule has 0 saturated carbocycles. The minimum Gasteiger partial charge on any atom is -0.331 e. The monoisotopic (exact) mass is 595 g/mol. The van der Waals surface area contributed by atoms with Crippen LogP contribution in [0.15, 0.2) is 60.8 Å². The molecular weight excluding hydrogens is 575 g/mol. The van der Waals surface area contributed by atoms with Gasteiger partial charge in [0.2, 0.25) is 0 Å². The third kappa shape index (κ3) is 6.77. The first-order valence-electron chi connectivity index (χ1n) is 12.1. The SMILES string of the molecule is CC(=O)Cn1c(C(=O)Nc2ccc(C#N)cn2)cc(NC(=O)c2cc(F)cc(Cl)c2)c1[C@H](C)c1cc(F)ccc1Cl. The largest absolute Gasteiger partial charge is 0.331 e. The fourth-order valence-corrected chi connectivity index (χ4v) is 4.80. The maximum atomic E-state index is 14.2. The number of benzene rings is 2. The zero-order valence-electron chi connectivity index (χ0n) is 21.6. The van der Waals surface area contributed by atoms with Crippen molar-refractivity contribution in [3.8, 4) is 6.07 Å². The van der Waals surface area contributed by atoms with Gasteiger partial charge >= 0.3 is 0 Å². The van der Waals surface area contributed by atoms with Crippen molar-refractivity contribution in [2.45, 2.75) is 26.3 Å². The lowest BCUT2D eigenvalue weighted by molar-refractivity contribution is -0.117. The lowest BCUT2D eigenvalue weighted by Crippen LogP contribution is -2.22. The Kier molecular flexibility index (Phi) is 8.81. The fourth-order valence-electron chi connectivity index (χ4n) is 4.30. The third-order valence-electron chi connectivity index (χ3n) is 6.09. The van der Waals surface area contributed by atoms with Crippen molar-refractivity contribution in [2.24, 2.45) is 0 Å². The number of hydrogen-bond donors (Lipinski definition) is 2. The molecule has 2 heterocycles. The standard InChI is InChI=1S/C29H21Cl2F2N5O3/c1-15(39)14-38-25(29(41)37-26-6-3-17(12-34)13-35-26)11-24(36-28(40)18-7-19(30)9-21(33)8-18)27(38)16(2)22-10-20(32)4-5-23(22)31/h3-11,13,16H,14H2,1-2H3,(H,36,40)(H,35,37,41)/t16-/m1/s1. The van der Waals surface area contributed by atoms with E-state index < -0.39 is 29.4 Å². The van der Waals surface area contributed by atoms with Gasteiger partial charge in [-0.05, 0) is 67.1 Å². The van der Waals surface area contributed by atoms with Gasteiger partial charge in [0.25, 0.3) is 11.8 Å². The molecule has 0 aliphatic rings. The highest BCUT2D eigenvalue weighted by Crippen LogP contribution is 2.37. The predicted octanol–water partition coefficient (Wildman–Crippen LogP) is 6.59. The van der Waals surface area contributed by atoms with Crippen LogP contribution in [0.5, 0.6) is 0 Å². The Morgan fingerprint density at radius 3 is 2.39 bits per heavy atom. The van der Waals surface area contributed by atoms with Crippen molar-refractivity contribution >= 4 is 52.3 Å². The number of ketones is 1. The molecule has 0 saturated heterocycles. The van der Waals surface area contributed by atoms with E-state index in [0.29, 0.717) is 5.56 Å². The van der Waals surface area contributed by atoms with Crippen LogP contribution in [0.4, 0.5) is 20.3 Å². The van der Waals surface area contributed by atoms with Gasteiger partial charge in [-0.1, -0.05) is 30.1 Å². The highest BCUT2D eigenvalue weighted by molar-refractivity contribution is 6.31. The molecule has 0 fully saturated rings. The molecule has 2 amide bonds. The van der Waals surface area contributed by atoms with Gasteiger partial charge in [0.15, 0.2) is 0 Å². The number of pyridine rings is 1. The van der Waals surface area contributed by atoms with Gasteiger partial charge in [0.1, 0.15) is 35.0 Å². The van der Waals surface area contributed by atoms with Crippen molar-refractivity contribution in [1.29, 1.82) is 5.26 Å². The van der Waals surface area contributed by atoms with E-state index in [1.165, 1.54) is 60.2 Å². The maximum Gasteiger partial charge on any atom is 0.273 e. The third-order valence-corrected chi connectivity index (χ3v) is 6.66. The number of carbonyl (C=O) groups is 3. The van der Waals surface area contributed by atoms with Gasteiger partial charge in [-0.3, -0.25) is 14.4 Å². The van der Waals surface area contributed by atoms with Gasteiger partial charge in [0, 0.05) is 33.4 Å². The molecule has 0 bridgehead atoms. The Morgan fingerprint density at radius 1 is 1.00 bits per heavy atom. The second kappa shape index (κ2) is 12.3. The molecule has 0 radical (unpaired) electrons. The molecule has 8 nitrogen and oxygen atoms in total. The van der Waals surface area contributed by atoms with E-state index in [9.17, 15) is 23.2 Å². The Morgan fingerprint density at radius 2 is 1.76 bits per heavy atom. The number of anilines is 2. The smallest absolute Gasteiger partial charge is 0.273 e. The molecule has 1 atom stereocenters. The molecule has 208 valence electrons. The zero-order chi connectivity index (χ0) is 29.8. The highest BCUT2D eigenvalue weighted by Gasteiger charge is 2.28. The van der Waals surface area contributed by atoms with E-state index in [4.69, 9.17) is 28.5 Å². The number of amides is 2.